The average molecular weight is 477 g/mol. The van der Waals surface area contributed by atoms with Crippen LogP contribution >= 0.6 is 24.0 Å². The Morgan fingerprint density at radius 1 is 1.19 bits per heavy atom. The number of hydrogen-bond donors (Lipinski definition) is 2. The first kappa shape index (κ1) is 20.0. The van der Waals surface area contributed by atoms with Gasteiger partial charge in [0.1, 0.15) is 5.75 Å². The van der Waals surface area contributed by atoms with Gasteiger partial charge < -0.3 is 15.4 Å². The molecule has 4 rings (SSSR count). The van der Waals surface area contributed by atoms with Gasteiger partial charge in [-0.25, -0.2) is 0 Å². The lowest BCUT2D eigenvalue weighted by molar-refractivity contribution is 0.408. The highest BCUT2D eigenvalue weighted by Crippen LogP contribution is 2.60. The lowest BCUT2D eigenvalue weighted by Crippen LogP contribution is -2.38. The van der Waals surface area contributed by atoms with Gasteiger partial charge in [-0.3, -0.25) is 4.99 Å². The van der Waals surface area contributed by atoms with Gasteiger partial charge in [0.25, 0.3) is 0 Å². The number of hydrogen-bond acceptors (Lipinski definition) is 2. The molecule has 0 bridgehead atoms. The van der Waals surface area contributed by atoms with Crippen LogP contribution in [0.4, 0.5) is 0 Å². The molecule has 3 atom stereocenters. The number of ether oxygens (including phenoxy) is 1. The van der Waals surface area contributed by atoms with Crippen molar-refractivity contribution in [1.29, 1.82) is 0 Å². The Morgan fingerprint density at radius 2 is 2.00 bits per heavy atom. The number of nitrogens with one attached hydrogen (secondary N) is 2. The van der Waals surface area contributed by atoms with E-state index in [2.05, 4.69) is 65.0 Å². The van der Waals surface area contributed by atoms with Crippen LogP contribution < -0.4 is 15.4 Å². The Labute approximate surface area is 178 Å². The van der Waals surface area contributed by atoms with Crippen molar-refractivity contribution >= 4 is 29.9 Å². The molecular formula is C22H28IN3O. The average Bonchev–Trinajstić information content (AvgIpc) is 3.20. The molecule has 0 radical (unpaired) electrons. The quantitative estimate of drug-likeness (QED) is 0.391. The van der Waals surface area contributed by atoms with E-state index >= 15 is 0 Å². The van der Waals surface area contributed by atoms with E-state index in [0.29, 0.717) is 6.54 Å². The molecule has 2 N–H and O–H groups in total. The molecule has 2 aliphatic carbocycles. The molecule has 3 unspecified atom stereocenters. The Kier molecular flexibility index (Phi) is 6.29. The highest BCUT2D eigenvalue weighted by molar-refractivity contribution is 14.0. The fraction of sp³-hybridized carbons (Fsp3) is 0.409. The number of aliphatic imine (C=N–C) groups is 1. The Morgan fingerprint density at radius 3 is 2.78 bits per heavy atom. The normalized spacial score (nSPS) is 22.3. The number of halogens is 1. The predicted molar refractivity (Wildman–Crippen MR) is 121 cm³/mol. The van der Waals surface area contributed by atoms with E-state index in [-0.39, 0.29) is 24.0 Å². The maximum atomic E-state index is 5.48. The Hall–Kier alpha value is -1.76. The van der Waals surface area contributed by atoms with Gasteiger partial charge >= 0.3 is 0 Å². The van der Waals surface area contributed by atoms with Crippen molar-refractivity contribution < 1.29 is 4.74 Å². The van der Waals surface area contributed by atoms with E-state index in [0.717, 1.165) is 41.6 Å². The third kappa shape index (κ3) is 4.08. The van der Waals surface area contributed by atoms with E-state index in [1.54, 1.807) is 18.2 Å². The number of rotatable bonds is 5. The highest BCUT2D eigenvalue weighted by Gasteiger charge is 2.54. The van der Waals surface area contributed by atoms with Crippen molar-refractivity contribution in [3.05, 3.63) is 64.7 Å². The second kappa shape index (κ2) is 8.50. The van der Waals surface area contributed by atoms with Crippen LogP contribution in [0.15, 0.2) is 47.5 Å². The molecule has 5 heteroatoms. The summed E-state index contributed by atoms with van der Waals surface area (Å²) in [7, 11) is 3.54. The lowest BCUT2D eigenvalue weighted by atomic mass is 10.0. The zero-order chi connectivity index (χ0) is 18.1. The van der Waals surface area contributed by atoms with Crippen molar-refractivity contribution in [2.75, 3.05) is 20.7 Å². The van der Waals surface area contributed by atoms with Gasteiger partial charge in [-0.1, -0.05) is 36.4 Å². The van der Waals surface area contributed by atoms with E-state index in [1.807, 2.05) is 7.05 Å². The monoisotopic (exact) mass is 477 g/mol. The van der Waals surface area contributed by atoms with Gasteiger partial charge in [0.15, 0.2) is 5.96 Å². The second-order valence-corrected chi connectivity index (χ2v) is 7.38. The van der Waals surface area contributed by atoms with Crippen LogP contribution in [-0.2, 0) is 13.0 Å². The van der Waals surface area contributed by atoms with Crippen LogP contribution in [0.5, 0.6) is 5.75 Å². The van der Waals surface area contributed by atoms with Crippen molar-refractivity contribution in [1.82, 2.24) is 10.6 Å². The lowest BCUT2D eigenvalue weighted by Gasteiger charge is -2.15. The number of guanidine groups is 1. The summed E-state index contributed by atoms with van der Waals surface area (Å²) in [6.45, 7) is 3.75. The maximum Gasteiger partial charge on any atom is 0.191 e. The molecule has 0 heterocycles. The fourth-order valence-electron chi connectivity index (χ4n) is 4.37. The molecule has 0 saturated heterocycles. The van der Waals surface area contributed by atoms with Gasteiger partial charge in [0.2, 0.25) is 0 Å². The zero-order valence-electron chi connectivity index (χ0n) is 16.2. The number of fused-ring (bicyclic) bond motifs is 3. The van der Waals surface area contributed by atoms with E-state index < -0.39 is 0 Å². The molecule has 0 aliphatic heterocycles. The Bertz CT molecular complexity index is 836. The molecule has 0 spiro atoms. The fourth-order valence-corrected chi connectivity index (χ4v) is 4.37. The first-order valence-corrected chi connectivity index (χ1v) is 9.37. The molecule has 4 nitrogen and oxygen atoms in total. The summed E-state index contributed by atoms with van der Waals surface area (Å²) < 4.78 is 5.48. The van der Waals surface area contributed by atoms with E-state index in [4.69, 9.17) is 4.74 Å². The first-order valence-electron chi connectivity index (χ1n) is 9.37. The summed E-state index contributed by atoms with van der Waals surface area (Å²) in [5, 5.41) is 6.91. The number of methoxy groups -OCH3 is 1. The standard InChI is InChI=1S/C22H27N3O.HI/c1-14-8-9-16(20(10-14)26-3)12-24-22(23-2)25-13-19-18-11-15-6-4-5-7-17(15)21(18)19;/h4-10,18-19,21H,11-13H2,1-3H3,(H2,23,24,25);1H. The van der Waals surface area contributed by atoms with Gasteiger partial charge in [0, 0.05) is 25.7 Å². The number of benzene rings is 2. The molecule has 0 amide bonds. The van der Waals surface area contributed by atoms with Gasteiger partial charge in [-0.2, -0.15) is 0 Å². The van der Waals surface area contributed by atoms with E-state index in [1.165, 1.54) is 12.0 Å². The van der Waals surface area contributed by atoms with Crippen LogP contribution in [0.3, 0.4) is 0 Å². The minimum Gasteiger partial charge on any atom is -0.496 e. The number of aryl methyl sites for hydroxylation is 1. The minimum absolute atomic E-state index is 0. The zero-order valence-corrected chi connectivity index (χ0v) is 18.5. The van der Waals surface area contributed by atoms with Crippen LogP contribution in [0.2, 0.25) is 0 Å². The summed E-state index contributed by atoms with van der Waals surface area (Å²) in [6.07, 6.45) is 1.24. The SMILES string of the molecule is CN=C(NCc1ccc(C)cc1OC)NCC1C2Cc3ccccc3C12.I. The topological polar surface area (TPSA) is 45.7 Å². The third-order valence-corrected chi connectivity index (χ3v) is 5.82. The van der Waals surface area contributed by atoms with Crippen LogP contribution in [-0.4, -0.2) is 26.7 Å². The van der Waals surface area contributed by atoms with Crippen molar-refractivity contribution in [2.24, 2.45) is 16.8 Å². The van der Waals surface area contributed by atoms with Gasteiger partial charge in [-0.05, 0) is 53.9 Å². The minimum atomic E-state index is 0. The summed E-state index contributed by atoms with van der Waals surface area (Å²) >= 11 is 0. The molecule has 0 aromatic heterocycles. The maximum absolute atomic E-state index is 5.48. The smallest absolute Gasteiger partial charge is 0.191 e. The van der Waals surface area contributed by atoms with Crippen LogP contribution in [0.1, 0.15) is 28.2 Å². The summed E-state index contributed by atoms with van der Waals surface area (Å²) in [5.41, 5.74) is 5.45. The third-order valence-electron chi connectivity index (χ3n) is 5.82. The van der Waals surface area contributed by atoms with Crippen LogP contribution in [0.25, 0.3) is 0 Å². The molecular weight excluding hydrogens is 449 g/mol. The molecule has 2 aromatic rings. The summed E-state index contributed by atoms with van der Waals surface area (Å²) in [5.74, 6) is 4.06. The van der Waals surface area contributed by atoms with Crippen molar-refractivity contribution in [3.8, 4) is 5.75 Å². The first-order chi connectivity index (χ1) is 12.7. The van der Waals surface area contributed by atoms with E-state index in [9.17, 15) is 0 Å². The predicted octanol–water partition coefficient (Wildman–Crippen LogP) is 3.87. The van der Waals surface area contributed by atoms with Gasteiger partial charge in [-0.15, -0.1) is 24.0 Å². The molecule has 27 heavy (non-hydrogen) atoms. The molecule has 144 valence electrons. The van der Waals surface area contributed by atoms with Crippen LogP contribution in [0, 0.1) is 18.8 Å². The summed E-state index contributed by atoms with van der Waals surface area (Å²) in [6, 6.07) is 15.2. The largest absolute Gasteiger partial charge is 0.496 e. The van der Waals surface area contributed by atoms with Crippen molar-refractivity contribution in [3.63, 3.8) is 0 Å². The highest BCUT2D eigenvalue weighted by atomic mass is 127. The molecule has 2 aliphatic rings. The van der Waals surface area contributed by atoms with Crippen molar-refractivity contribution in [2.45, 2.75) is 25.8 Å². The molecule has 1 saturated carbocycles. The van der Waals surface area contributed by atoms with Gasteiger partial charge in [0.05, 0.1) is 7.11 Å². The molecule has 1 fully saturated rings. The second-order valence-electron chi connectivity index (χ2n) is 7.38. The number of nitrogens with zero attached hydrogens (tertiary/aromatic N) is 1. The molecule has 2 aromatic carbocycles. The summed E-state index contributed by atoms with van der Waals surface area (Å²) in [4.78, 5) is 4.37. The Balaban J connectivity index is 0.00000210.